The van der Waals surface area contributed by atoms with E-state index in [2.05, 4.69) is 0 Å². The second kappa shape index (κ2) is 2.51. The lowest BCUT2D eigenvalue weighted by Crippen LogP contribution is -2.20. The highest BCUT2D eigenvalue weighted by Crippen LogP contribution is 2.38. The Morgan fingerprint density at radius 2 is 2.30 bits per heavy atom. The first-order valence-electron chi connectivity index (χ1n) is 4.25. The molecule has 0 radical (unpaired) electrons. The molecule has 10 heavy (non-hydrogen) atoms. The van der Waals surface area contributed by atoms with Crippen molar-refractivity contribution in [3.8, 4) is 0 Å². The van der Waals surface area contributed by atoms with Crippen molar-refractivity contribution in [2.45, 2.75) is 37.9 Å². The van der Waals surface area contributed by atoms with Crippen molar-refractivity contribution >= 4 is 0 Å². The fraction of sp³-hybridized carbons (Fsp3) is 1.00. The van der Waals surface area contributed by atoms with E-state index in [1.165, 1.54) is 25.7 Å². The molecule has 0 spiro atoms. The summed E-state index contributed by atoms with van der Waals surface area (Å²) in [5.41, 5.74) is 5.51. The highest BCUT2D eigenvalue weighted by Gasteiger charge is 2.37. The molecule has 0 unspecified atom stereocenters. The van der Waals surface area contributed by atoms with Gasteiger partial charge in [0, 0.05) is 6.54 Å². The highest BCUT2D eigenvalue weighted by molar-refractivity contribution is 4.87. The molecule has 1 saturated heterocycles. The Morgan fingerprint density at radius 1 is 1.40 bits per heavy atom. The third-order valence-electron chi connectivity index (χ3n) is 2.79. The van der Waals surface area contributed by atoms with Crippen LogP contribution in [0.2, 0.25) is 0 Å². The summed E-state index contributed by atoms with van der Waals surface area (Å²) in [7, 11) is 0. The van der Waals surface area contributed by atoms with Gasteiger partial charge in [0.15, 0.2) is 0 Å². The normalized spacial score (nSPS) is 45.9. The monoisotopic (exact) mass is 141 g/mol. The maximum Gasteiger partial charge on any atom is 0.0704 e. The molecule has 2 nitrogen and oxygen atoms in total. The summed E-state index contributed by atoms with van der Waals surface area (Å²) < 4.78 is 5.71. The largest absolute Gasteiger partial charge is 0.373 e. The highest BCUT2D eigenvalue weighted by atomic mass is 16.5. The molecule has 0 bridgehead atoms. The van der Waals surface area contributed by atoms with Crippen molar-refractivity contribution in [2.24, 2.45) is 11.7 Å². The Bertz CT molecular complexity index is 114. The van der Waals surface area contributed by atoms with E-state index in [-0.39, 0.29) is 0 Å². The fourth-order valence-electron chi connectivity index (χ4n) is 2.24. The SMILES string of the molecule is NC[C@@H]1C[C@H]2CCC[C@H]2O1. The van der Waals surface area contributed by atoms with Crippen LogP contribution in [0, 0.1) is 5.92 Å². The number of fused-ring (bicyclic) bond motifs is 1. The molecule has 0 aromatic heterocycles. The molecule has 0 aromatic rings. The van der Waals surface area contributed by atoms with Crippen LogP contribution in [-0.4, -0.2) is 18.8 Å². The zero-order valence-electron chi connectivity index (χ0n) is 6.25. The third kappa shape index (κ3) is 0.956. The predicted molar refractivity (Wildman–Crippen MR) is 39.7 cm³/mol. The van der Waals surface area contributed by atoms with Gasteiger partial charge in [0.1, 0.15) is 0 Å². The van der Waals surface area contributed by atoms with E-state index in [4.69, 9.17) is 10.5 Å². The summed E-state index contributed by atoms with van der Waals surface area (Å²) in [6.45, 7) is 0.715. The first kappa shape index (κ1) is 6.62. The minimum absolute atomic E-state index is 0.385. The maximum atomic E-state index is 5.71. The summed E-state index contributed by atoms with van der Waals surface area (Å²) in [6, 6.07) is 0. The van der Waals surface area contributed by atoms with Crippen LogP contribution in [0.5, 0.6) is 0 Å². The van der Waals surface area contributed by atoms with Gasteiger partial charge in [-0.3, -0.25) is 0 Å². The zero-order chi connectivity index (χ0) is 6.97. The molecular weight excluding hydrogens is 126 g/mol. The number of ether oxygens (including phenoxy) is 1. The molecular formula is C8H15NO. The quantitative estimate of drug-likeness (QED) is 0.589. The lowest BCUT2D eigenvalue weighted by molar-refractivity contribution is 0.0460. The molecule has 0 amide bonds. The standard InChI is InChI=1S/C8H15NO/c9-5-7-4-6-2-1-3-8(6)10-7/h6-8H,1-5,9H2/t6-,7+,8-/m1/s1. The van der Waals surface area contributed by atoms with Crippen LogP contribution in [-0.2, 0) is 4.74 Å². The first-order valence-corrected chi connectivity index (χ1v) is 4.25. The van der Waals surface area contributed by atoms with Crippen molar-refractivity contribution in [2.75, 3.05) is 6.54 Å². The van der Waals surface area contributed by atoms with E-state index in [0.717, 1.165) is 5.92 Å². The van der Waals surface area contributed by atoms with Gasteiger partial charge in [0.2, 0.25) is 0 Å². The second-order valence-corrected chi connectivity index (χ2v) is 3.46. The van der Waals surface area contributed by atoms with Gasteiger partial charge in [-0.05, 0) is 25.2 Å². The Morgan fingerprint density at radius 3 is 3.00 bits per heavy atom. The van der Waals surface area contributed by atoms with E-state index in [1.54, 1.807) is 0 Å². The van der Waals surface area contributed by atoms with Crippen molar-refractivity contribution < 1.29 is 4.74 Å². The number of nitrogens with two attached hydrogens (primary N) is 1. The average Bonchev–Trinajstić information content (AvgIpc) is 2.42. The van der Waals surface area contributed by atoms with Gasteiger partial charge >= 0.3 is 0 Å². The lowest BCUT2D eigenvalue weighted by atomic mass is 10.0. The summed E-state index contributed by atoms with van der Waals surface area (Å²) >= 11 is 0. The van der Waals surface area contributed by atoms with Crippen molar-refractivity contribution in [3.05, 3.63) is 0 Å². The third-order valence-corrected chi connectivity index (χ3v) is 2.79. The van der Waals surface area contributed by atoms with Gasteiger partial charge < -0.3 is 10.5 Å². The van der Waals surface area contributed by atoms with E-state index in [0.29, 0.717) is 18.8 Å². The minimum Gasteiger partial charge on any atom is -0.373 e. The summed E-state index contributed by atoms with van der Waals surface area (Å²) in [6.07, 6.45) is 6.21. The van der Waals surface area contributed by atoms with Crippen LogP contribution >= 0.6 is 0 Å². The van der Waals surface area contributed by atoms with Gasteiger partial charge in [-0.2, -0.15) is 0 Å². The number of rotatable bonds is 1. The summed E-state index contributed by atoms with van der Waals surface area (Å²) in [4.78, 5) is 0. The van der Waals surface area contributed by atoms with Gasteiger partial charge in [-0.15, -0.1) is 0 Å². The van der Waals surface area contributed by atoms with Crippen molar-refractivity contribution in [1.82, 2.24) is 0 Å². The van der Waals surface area contributed by atoms with E-state index in [9.17, 15) is 0 Å². The summed E-state index contributed by atoms with van der Waals surface area (Å²) in [5, 5.41) is 0. The molecule has 2 heteroatoms. The molecule has 2 fully saturated rings. The molecule has 2 aliphatic rings. The molecule has 1 aliphatic carbocycles. The smallest absolute Gasteiger partial charge is 0.0704 e. The molecule has 2 rings (SSSR count). The predicted octanol–water partition coefficient (Wildman–Crippen LogP) is 0.903. The summed E-state index contributed by atoms with van der Waals surface area (Å²) in [5.74, 6) is 0.855. The van der Waals surface area contributed by atoms with Crippen LogP contribution in [0.25, 0.3) is 0 Å². The van der Waals surface area contributed by atoms with E-state index >= 15 is 0 Å². The molecule has 2 N–H and O–H groups in total. The van der Waals surface area contributed by atoms with Gasteiger partial charge in [0.05, 0.1) is 12.2 Å². The molecule has 0 aromatic carbocycles. The van der Waals surface area contributed by atoms with Crippen LogP contribution in [0.1, 0.15) is 25.7 Å². The fourth-order valence-corrected chi connectivity index (χ4v) is 2.24. The van der Waals surface area contributed by atoms with Crippen molar-refractivity contribution in [3.63, 3.8) is 0 Å². The first-order chi connectivity index (χ1) is 4.90. The molecule has 1 aliphatic heterocycles. The van der Waals surface area contributed by atoms with Crippen LogP contribution < -0.4 is 5.73 Å². The molecule has 1 saturated carbocycles. The topological polar surface area (TPSA) is 35.2 Å². The van der Waals surface area contributed by atoms with E-state index in [1.807, 2.05) is 0 Å². The Labute approximate surface area is 61.7 Å². The van der Waals surface area contributed by atoms with Gasteiger partial charge in [-0.1, -0.05) is 6.42 Å². The average molecular weight is 141 g/mol. The van der Waals surface area contributed by atoms with E-state index < -0.39 is 0 Å². The zero-order valence-corrected chi connectivity index (χ0v) is 6.25. The maximum absolute atomic E-state index is 5.71. The molecule has 1 heterocycles. The molecule has 58 valence electrons. The Kier molecular flexibility index (Phi) is 1.66. The Balaban J connectivity index is 1.94. The van der Waals surface area contributed by atoms with Gasteiger partial charge in [-0.25, -0.2) is 0 Å². The minimum atomic E-state index is 0.385. The van der Waals surface area contributed by atoms with Crippen molar-refractivity contribution in [1.29, 1.82) is 0 Å². The Hall–Kier alpha value is -0.0800. The van der Waals surface area contributed by atoms with Crippen LogP contribution in [0.15, 0.2) is 0 Å². The molecule has 3 atom stereocenters. The number of hydrogen-bond acceptors (Lipinski definition) is 2. The van der Waals surface area contributed by atoms with Crippen LogP contribution in [0.3, 0.4) is 0 Å². The van der Waals surface area contributed by atoms with Crippen LogP contribution in [0.4, 0.5) is 0 Å². The number of hydrogen-bond donors (Lipinski definition) is 1. The van der Waals surface area contributed by atoms with Gasteiger partial charge in [0.25, 0.3) is 0 Å². The second-order valence-electron chi connectivity index (χ2n) is 3.46. The lowest BCUT2D eigenvalue weighted by Gasteiger charge is -2.08.